The fraction of sp³-hybridized carbons (Fsp3) is 0.857. The molecule has 1 amide bonds. The number of carbonyl (C=O) groups is 1. The number of rotatable bonds is 2. The number of halogens is 1. The van der Waals surface area contributed by atoms with E-state index < -0.39 is 0 Å². The Bertz CT molecular complexity index is 149. The van der Waals surface area contributed by atoms with Crippen molar-refractivity contribution in [2.24, 2.45) is 0 Å². The Kier molecular flexibility index (Phi) is 3.58. The van der Waals surface area contributed by atoms with Gasteiger partial charge in [-0.1, -0.05) is 29.5 Å². The summed E-state index contributed by atoms with van der Waals surface area (Å²) in [4.78, 5) is 13.1. The SMILES string of the molecule is CC(I)CN1CCNCC1=O. The standard InChI is InChI=1S/C7H13IN2O/c1-6(8)5-10-3-2-9-4-7(10)11/h6,9H,2-5H2,1H3. The molecule has 64 valence electrons. The molecule has 0 aliphatic carbocycles. The normalized spacial score (nSPS) is 22.0. The second kappa shape index (κ2) is 4.25. The molecule has 4 heteroatoms. The maximum atomic E-state index is 11.2. The summed E-state index contributed by atoms with van der Waals surface area (Å²) in [5.41, 5.74) is 0. The fourth-order valence-corrected chi connectivity index (χ4v) is 1.62. The Labute approximate surface area is 80.7 Å². The zero-order valence-electron chi connectivity index (χ0n) is 6.64. The lowest BCUT2D eigenvalue weighted by Crippen LogP contribution is -2.49. The zero-order valence-corrected chi connectivity index (χ0v) is 8.80. The van der Waals surface area contributed by atoms with Crippen molar-refractivity contribution in [2.45, 2.75) is 10.8 Å². The predicted molar refractivity (Wildman–Crippen MR) is 52.9 cm³/mol. The zero-order chi connectivity index (χ0) is 8.27. The van der Waals surface area contributed by atoms with Crippen LogP contribution in [0.25, 0.3) is 0 Å². The molecule has 1 heterocycles. The summed E-state index contributed by atoms with van der Waals surface area (Å²) in [5, 5.41) is 3.04. The molecule has 0 bridgehead atoms. The maximum Gasteiger partial charge on any atom is 0.236 e. The third-order valence-corrected chi connectivity index (χ3v) is 2.05. The van der Waals surface area contributed by atoms with Gasteiger partial charge in [-0.15, -0.1) is 0 Å². The molecule has 0 spiro atoms. The van der Waals surface area contributed by atoms with Crippen molar-refractivity contribution in [3.63, 3.8) is 0 Å². The molecule has 0 aromatic carbocycles. The third-order valence-electron chi connectivity index (χ3n) is 1.66. The first-order valence-corrected chi connectivity index (χ1v) is 5.07. The van der Waals surface area contributed by atoms with Gasteiger partial charge in [0.1, 0.15) is 0 Å². The Morgan fingerprint density at radius 3 is 3.09 bits per heavy atom. The number of alkyl halides is 1. The van der Waals surface area contributed by atoms with Crippen molar-refractivity contribution in [1.29, 1.82) is 0 Å². The van der Waals surface area contributed by atoms with Gasteiger partial charge in [0.15, 0.2) is 0 Å². The van der Waals surface area contributed by atoms with Gasteiger partial charge in [-0.2, -0.15) is 0 Å². The van der Waals surface area contributed by atoms with E-state index in [1.54, 1.807) is 0 Å². The van der Waals surface area contributed by atoms with Gasteiger partial charge in [0.2, 0.25) is 5.91 Å². The van der Waals surface area contributed by atoms with Gasteiger partial charge in [0.25, 0.3) is 0 Å². The Balaban J connectivity index is 2.36. The topological polar surface area (TPSA) is 32.3 Å². The molecule has 1 aliphatic heterocycles. The molecular weight excluding hydrogens is 255 g/mol. The van der Waals surface area contributed by atoms with E-state index in [0.717, 1.165) is 19.6 Å². The van der Waals surface area contributed by atoms with Crippen LogP contribution in [0.4, 0.5) is 0 Å². The lowest BCUT2D eigenvalue weighted by molar-refractivity contribution is -0.131. The van der Waals surface area contributed by atoms with Gasteiger partial charge in [-0.25, -0.2) is 0 Å². The van der Waals surface area contributed by atoms with Crippen LogP contribution in [-0.4, -0.2) is 40.9 Å². The van der Waals surface area contributed by atoms with Crippen LogP contribution < -0.4 is 5.32 Å². The van der Waals surface area contributed by atoms with Crippen LogP contribution in [0, 0.1) is 0 Å². The van der Waals surface area contributed by atoms with Crippen molar-refractivity contribution in [3.8, 4) is 0 Å². The van der Waals surface area contributed by atoms with Gasteiger partial charge >= 0.3 is 0 Å². The van der Waals surface area contributed by atoms with Gasteiger partial charge in [-0.05, 0) is 0 Å². The van der Waals surface area contributed by atoms with Crippen molar-refractivity contribution in [3.05, 3.63) is 0 Å². The van der Waals surface area contributed by atoms with Crippen LogP contribution in [0.5, 0.6) is 0 Å². The second-order valence-electron chi connectivity index (χ2n) is 2.80. The monoisotopic (exact) mass is 268 g/mol. The minimum absolute atomic E-state index is 0.236. The van der Waals surface area contributed by atoms with Crippen LogP contribution in [-0.2, 0) is 4.79 Å². The third kappa shape index (κ3) is 2.94. The molecule has 0 aromatic heterocycles. The summed E-state index contributed by atoms with van der Waals surface area (Å²) < 4.78 is 0.551. The van der Waals surface area contributed by atoms with E-state index in [4.69, 9.17) is 0 Å². The molecule has 1 rings (SSSR count). The van der Waals surface area contributed by atoms with Crippen LogP contribution in [0.15, 0.2) is 0 Å². The molecular formula is C7H13IN2O. The average molecular weight is 268 g/mol. The molecule has 1 aliphatic rings. The molecule has 1 atom stereocenters. The summed E-state index contributed by atoms with van der Waals surface area (Å²) in [6.45, 7) is 5.33. The molecule has 3 nitrogen and oxygen atoms in total. The van der Waals surface area contributed by atoms with Crippen LogP contribution >= 0.6 is 22.6 Å². The molecule has 1 saturated heterocycles. The van der Waals surface area contributed by atoms with E-state index in [1.807, 2.05) is 4.90 Å². The van der Waals surface area contributed by atoms with Gasteiger partial charge in [0, 0.05) is 23.6 Å². The van der Waals surface area contributed by atoms with E-state index in [-0.39, 0.29) is 5.91 Å². The fourth-order valence-electron chi connectivity index (χ4n) is 1.14. The second-order valence-corrected chi connectivity index (χ2v) is 4.92. The first-order chi connectivity index (χ1) is 5.20. The lowest BCUT2D eigenvalue weighted by atomic mass is 10.3. The molecule has 0 radical (unpaired) electrons. The van der Waals surface area contributed by atoms with Crippen LogP contribution in [0.3, 0.4) is 0 Å². The molecule has 0 aromatic rings. The number of piperazine rings is 1. The predicted octanol–water partition coefficient (Wildman–Crippen LogP) is 0.242. The average Bonchev–Trinajstić information content (AvgIpc) is 1.93. The largest absolute Gasteiger partial charge is 0.339 e. The highest BCUT2D eigenvalue weighted by molar-refractivity contribution is 14.1. The van der Waals surface area contributed by atoms with Crippen molar-refractivity contribution in [2.75, 3.05) is 26.2 Å². The Morgan fingerprint density at radius 1 is 1.82 bits per heavy atom. The van der Waals surface area contributed by atoms with E-state index in [2.05, 4.69) is 34.8 Å². The highest BCUT2D eigenvalue weighted by Crippen LogP contribution is 2.03. The van der Waals surface area contributed by atoms with E-state index >= 15 is 0 Å². The molecule has 1 fully saturated rings. The van der Waals surface area contributed by atoms with Crippen molar-refractivity contribution >= 4 is 28.5 Å². The smallest absolute Gasteiger partial charge is 0.236 e. The molecule has 0 saturated carbocycles. The quantitative estimate of drug-likeness (QED) is 0.575. The number of nitrogens with one attached hydrogen (secondary N) is 1. The number of amides is 1. The summed E-state index contributed by atoms with van der Waals surface area (Å²) >= 11 is 2.34. The first-order valence-electron chi connectivity index (χ1n) is 3.82. The number of nitrogens with zero attached hydrogens (tertiary/aromatic N) is 1. The minimum Gasteiger partial charge on any atom is -0.339 e. The molecule has 11 heavy (non-hydrogen) atoms. The summed E-state index contributed by atoms with van der Waals surface area (Å²) in [5.74, 6) is 0.236. The van der Waals surface area contributed by atoms with E-state index in [1.165, 1.54) is 0 Å². The van der Waals surface area contributed by atoms with E-state index in [0.29, 0.717) is 10.5 Å². The number of hydrogen-bond donors (Lipinski definition) is 1. The number of carbonyl (C=O) groups excluding carboxylic acids is 1. The van der Waals surface area contributed by atoms with Gasteiger partial charge < -0.3 is 10.2 Å². The molecule has 1 unspecified atom stereocenters. The van der Waals surface area contributed by atoms with Crippen LogP contribution in [0.2, 0.25) is 0 Å². The van der Waals surface area contributed by atoms with Crippen molar-refractivity contribution < 1.29 is 4.79 Å². The first kappa shape index (κ1) is 9.25. The highest BCUT2D eigenvalue weighted by Gasteiger charge is 2.17. The summed E-state index contributed by atoms with van der Waals surface area (Å²) in [6.07, 6.45) is 0. The lowest BCUT2D eigenvalue weighted by Gasteiger charge is -2.28. The highest BCUT2D eigenvalue weighted by atomic mass is 127. The Morgan fingerprint density at radius 2 is 2.55 bits per heavy atom. The number of hydrogen-bond acceptors (Lipinski definition) is 2. The molecule has 1 N–H and O–H groups in total. The maximum absolute atomic E-state index is 11.2. The Hall–Kier alpha value is 0.160. The van der Waals surface area contributed by atoms with Crippen molar-refractivity contribution in [1.82, 2.24) is 10.2 Å². The van der Waals surface area contributed by atoms with Crippen LogP contribution in [0.1, 0.15) is 6.92 Å². The van der Waals surface area contributed by atoms with Gasteiger partial charge in [-0.3, -0.25) is 4.79 Å². The summed E-state index contributed by atoms with van der Waals surface area (Å²) in [7, 11) is 0. The van der Waals surface area contributed by atoms with Gasteiger partial charge in [0.05, 0.1) is 6.54 Å². The minimum atomic E-state index is 0.236. The summed E-state index contributed by atoms with van der Waals surface area (Å²) in [6, 6.07) is 0. The van der Waals surface area contributed by atoms with E-state index in [9.17, 15) is 4.79 Å².